The first kappa shape index (κ1) is 8.23. The summed E-state index contributed by atoms with van der Waals surface area (Å²) < 4.78 is 15.0. The molecule has 0 saturated heterocycles. The van der Waals surface area contributed by atoms with E-state index >= 15 is 0 Å². The third-order valence-electron chi connectivity index (χ3n) is 1.68. The van der Waals surface area contributed by atoms with Crippen LogP contribution in [0.15, 0.2) is 30.3 Å². The summed E-state index contributed by atoms with van der Waals surface area (Å²) >= 11 is 0. The first-order chi connectivity index (χ1) is 6.25. The van der Waals surface area contributed by atoms with Crippen molar-refractivity contribution >= 4 is 19.2 Å². The maximum Gasteiger partial charge on any atom is 0.748 e. The normalized spacial score (nSPS) is 11.6. The van der Waals surface area contributed by atoms with Gasteiger partial charge in [-0.05, 0) is 6.07 Å². The number of nitrogens with one attached hydrogen (secondary N) is 1. The summed E-state index contributed by atoms with van der Waals surface area (Å²) in [5.74, 6) is 0.310. The van der Waals surface area contributed by atoms with E-state index in [1.807, 2.05) is 24.3 Å². The van der Waals surface area contributed by atoms with Gasteiger partial charge in [0.1, 0.15) is 0 Å². The highest BCUT2D eigenvalue weighted by molar-refractivity contribution is 7.32. The lowest BCUT2D eigenvalue weighted by Gasteiger charge is -1.83. The van der Waals surface area contributed by atoms with Gasteiger partial charge in [0.2, 0.25) is 0 Å². The molecule has 2 aromatic rings. The van der Waals surface area contributed by atoms with Crippen molar-refractivity contribution in [2.45, 2.75) is 0 Å². The van der Waals surface area contributed by atoms with Crippen molar-refractivity contribution in [1.82, 2.24) is 4.98 Å². The molecule has 1 heterocycles. The number of hydrogen-bond acceptors (Lipinski definition) is 2. The summed E-state index contributed by atoms with van der Waals surface area (Å²) in [7, 11) is -2.59. The van der Waals surface area contributed by atoms with Gasteiger partial charge in [0.25, 0.3) is 5.88 Å². The predicted molar refractivity (Wildman–Crippen MR) is 48.8 cm³/mol. The predicted octanol–water partition coefficient (Wildman–Crippen LogP) is 2.20. The van der Waals surface area contributed by atoms with E-state index in [0.717, 1.165) is 10.9 Å². The lowest BCUT2D eigenvalue weighted by Crippen LogP contribution is -1.77. The molecule has 2 N–H and O–H groups in total. The van der Waals surface area contributed by atoms with Crippen LogP contribution in [-0.4, -0.2) is 9.88 Å². The van der Waals surface area contributed by atoms with Crippen LogP contribution in [0.1, 0.15) is 0 Å². The van der Waals surface area contributed by atoms with Gasteiger partial charge in [-0.1, -0.05) is 18.2 Å². The van der Waals surface area contributed by atoms with E-state index in [9.17, 15) is 4.57 Å². The molecule has 2 rings (SSSR count). The van der Waals surface area contributed by atoms with Crippen LogP contribution < -0.4 is 4.52 Å². The van der Waals surface area contributed by atoms with Crippen LogP contribution in [-0.2, 0) is 4.57 Å². The minimum Gasteiger partial charge on any atom is -0.321 e. The second-order valence-electron chi connectivity index (χ2n) is 2.55. The van der Waals surface area contributed by atoms with Gasteiger partial charge in [-0.3, -0.25) is 0 Å². The average Bonchev–Trinajstić information content (AvgIpc) is 2.44. The second-order valence-corrected chi connectivity index (χ2v) is 3.21. The Hall–Kier alpha value is -1.38. The van der Waals surface area contributed by atoms with Crippen molar-refractivity contribution in [3.05, 3.63) is 30.3 Å². The van der Waals surface area contributed by atoms with Gasteiger partial charge in [0.05, 0.1) is 0 Å². The number of aromatic amines is 1. The summed E-state index contributed by atoms with van der Waals surface area (Å²) in [6.07, 6.45) is 0. The Balaban J connectivity index is 2.44. The fourth-order valence-corrected chi connectivity index (χ4v) is 1.45. The molecule has 4 nitrogen and oxygen atoms in total. The number of H-pyrrole nitrogens is 1. The first-order valence-electron chi connectivity index (χ1n) is 3.67. The highest BCUT2D eigenvalue weighted by atomic mass is 31.1. The van der Waals surface area contributed by atoms with Crippen LogP contribution in [0.4, 0.5) is 0 Å². The molecule has 13 heavy (non-hydrogen) atoms. The summed E-state index contributed by atoms with van der Waals surface area (Å²) in [5, 5.41) is 0.953. The molecule has 0 radical (unpaired) electrons. The Kier molecular flexibility index (Phi) is 2.00. The Morgan fingerprint density at radius 1 is 1.38 bits per heavy atom. The molecule has 0 amide bonds. The first-order valence-corrected chi connectivity index (χ1v) is 4.80. The monoisotopic (exact) mass is 196 g/mol. The van der Waals surface area contributed by atoms with Crippen molar-refractivity contribution < 1.29 is 14.0 Å². The van der Waals surface area contributed by atoms with Crippen LogP contribution >= 0.6 is 8.25 Å². The molecule has 0 aliphatic carbocycles. The molecule has 5 heteroatoms. The van der Waals surface area contributed by atoms with Crippen molar-refractivity contribution in [2.75, 3.05) is 0 Å². The summed E-state index contributed by atoms with van der Waals surface area (Å²) in [4.78, 5) is 11.4. The van der Waals surface area contributed by atoms with E-state index in [2.05, 4.69) is 9.51 Å². The fraction of sp³-hybridized carbons (Fsp3) is 0. The van der Waals surface area contributed by atoms with E-state index in [0.29, 0.717) is 5.88 Å². The van der Waals surface area contributed by atoms with Gasteiger partial charge in [-0.2, -0.15) is 0 Å². The van der Waals surface area contributed by atoms with Gasteiger partial charge in [0.15, 0.2) is 0 Å². The molecule has 0 fully saturated rings. The van der Waals surface area contributed by atoms with Crippen LogP contribution in [0.5, 0.6) is 5.88 Å². The number of hydrogen-bond donors (Lipinski definition) is 2. The maximum absolute atomic E-state index is 10.4. The zero-order chi connectivity index (χ0) is 9.26. The van der Waals surface area contributed by atoms with Crippen LogP contribution in [0.25, 0.3) is 10.9 Å². The molecule has 0 aliphatic rings. The lowest BCUT2D eigenvalue weighted by atomic mass is 10.3. The molecule has 0 bridgehead atoms. The quantitative estimate of drug-likeness (QED) is 0.723. The molecule has 0 aliphatic heterocycles. The molecule has 66 valence electrons. The molecule has 1 atom stereocenters. The number of rotatable bonds is 2. The number of fused-ring (bicyclic) bond motifs is 1. The molecule has 1 unspecified atom stereocenters. The zero-order valence-electron chi connectivity index (χ0n) is 6.60. The van der Waals surface area contributed by atoms with Crippen molar-refractivity contribution in [1.29, 1.82) is 0 Å². The second kappa shape index (κ2) is 3.17. The maximum atomic E-state index is 10.4. The highest BCUT2D eigenvalue weighted by Gasteiger charge is 2.15. The Morgan fingerprint density at radius 3 is 2.85 bits per heavy atom. The zero-order valence-corrected chi connectivity index (χ0v) is 7.49. The Bertz CT molecular complexity index is 418. The van der Waals surface area contributed by atoms with E-state index in [1.54, 1.807) is 6.07 Å². The molecular weight excluding hydrogens is 189 g/mol. The van der Waals surface area contributed by atoms with Gasteiger partial charge < -0.3 is 4.98 Å². The molecule has 0 spiro atoms. The molecule has 1 aromatic heterocycles. The SMILES string of the molecule is O=[P+](O)Oc1cc2ccccc2[nH]1. The van der Waals surface area contributed by atoms with Crippen molar-refractivity contribution in [3.8, 4) is 5.88 Å². The topological polar surface area (TPSA) is 62.3 Å². The lowest BCUT2D eigenvalue weighted by molar-refractivity contribution is 0.405. The molecule has 1 aromatic carbocycles. The van der Waals surface area contributed by atoms with Crippen molar-refractivity contribution in [3.63, 3.8) is 0 Å². The van der Waals surface area contributed by atoms with Crippen LogP contribution in [0, 0.1) is 0 Å². The van der Waals surface area contributed by atoms with Gasteiger partial charge >= 0.3 is 8.25 Å². The molecule has 0 saturated carbocycles. The largest absolute Gasteiger partial charge is 0.748 e. The van der Waals surface area contributed by atoms with E-state index in [-0.39, 0.29) is 0 Å². The summed E-state index contributed by atoms with van der Waals surface area (Å²) in [5.41, 5.74) is 0.884. The Morgan fingerprint density at radius 2 is 2.15 bits per heavy atom. The van der Waals surface area contributed by atoms with Crippen LogP contribution in [0.2, 0.25) is 0 Å². The average molecular weight is 196 g/mol. The fourth-order valence-electron chi connectivity index (χ4n) is 1.18. The summed E-state index contributed by atoms with van der Waals surface area (Å²) in [6.45, 7) is 0. The minimum absolute atomic E-state index is 0.310. The number of aromatic nitrogens is 1. The van der Waals surface area contributed by atoms with E-state index < -0.39 is 8.25 Å². The summed E-state index contributed by atoms with van der Waals surface area (Å²) in [6, 6.07) is 9.20. The van der Waals surface area contributed by atoms with Gasteiger partial charge in [-0.25, -0.2) is 4.52 Å². The van der Waals surface area contributed by atoms with E-state index in [1.165, 1.54) is 0 Å². The van der Waals surface area contributed by atoms with Crippen LogP contribution in [0.3, 0.4) is 0 Å². The Labute approximate surface area is 75.1 Å². The number of benzene rings is 1. The van der Waals surface area contributed by atoms with E-state index in [4.69, 9.17) is 4.89 Å². The standard InChI is InChI=1S/C8H6NO3P/c10-13(11)12-8-5-6-3-1-2-4-7(6)9-8/h1-5,9H/p+1. The van der Waals surface area contributed by atoms with Gasteiger partial charge in [-0.15, -0.1) is 4.89 Å². The van der Waals surface area contributed by atoms with Crippen molar-refractivity contribution in [2.24, 2.45) is 0 Å². The highest BCUT2D eigenvalue weighted by Crippen LogP contribution is 2.25. The molecular formula is C8H7NO3P+. The number of para-hydroxylation sites is 1. The minimum atomic E-state index is -2.59. The van der Waals surface area contributed by atoms with Gasteiger partial charge in [0, 0.05) is 21.5 Å². The smallest absolute Gasteiger partial charge is 0.321 e. The third kappa shape index (κ3) is 1.69. The third-order valence-corrected chi connectivity index (χ3v) is 2.03.